The van der Waals surface area contributed by atoms with Crippen LogP contribution in [-0.4, -0.2) is 22.4 Å². The zero-order valence-corrected chi connectivity index (χ0v) is 4.51. The normalized spacial score (nSPS) is 13.3. The number of hydrogen-bond donors (Lipinski definition) is 2. The van der Waals surface area contributed by atoms with E-state index in [1.54, 1.807) is 0 Å². The molecule has 6 heteroatoms. The van der Waals surface area contributed by atoms with Gasteiger partial charge in [0.25, 0.3) is 0 Å². The van der Waals surface area contributed by atoms with Crippen LogP contribution in [0.5, 0.6) is 0 Å². The van der Waals surface area contributed by atoms with E-state index in [1.165, 1.54) is 0 Å². The second-order valence-electron chi connectivity index (χ2n) is 1.37. The average Bonchev–Trinajstić information content (AvgIpc) is 1.60. The molecule has 3 nitrogen and oxygen atoms in total. The van der Waals surface area contributed by atoms with Gasteiger partial charge in [-0.15, -0.1) is 0 Å². The topological polar surface area (TPSA) is 57.5 Å². The molecule has 10 heavy (non-hydrogen) atoms. The number of rotatable bonds is 1. The van der Waals surface area contributed by atoms with Crippen molar-refractivity contribution >= 4 is 5.97 Å². The Labute approximate surface area is 53.4 Å². The largest absolute Gasteiger partial charge is 0.504 e. The quantitative estimate of drug-likeness (QED) is 0.441. The van der Waals surface area contributed by atoms with E-state index in [1.807, 2.05) is 0 Å². The van der Waals surface area contributed by atoms with Crippen molar-refractivity contribution in [1.29, 1.82) is 0 Å². The van der Waals surface area contributed by atoms with Crippen molar-refractivity contribution in [2.75, 3.05) is 0 Å². The number of alkyl halides is 3. The number of aliphatic carboxylic acids is 1. The minimum Gasteiger partial charge on any atom is -0.504 e. The molecule has 0 saturated heterocycles. The number of aliphatic hydroxyl groups excluding tert-OH is 1. The van der Waals surface area contributed by atoms with Gasteiger partial charge in [-0.2, -0.15) is 13.2 Å². The molecule has 0 aliphatic rings. The molecule has 0 aromatic heterocycles. The number of carbonyl (C=O) groups is 1. The summed E-state index contributed by atoms with van der Waals surface area (Å²) < 4.78 is 33.7. The van der Waals surface area contributed by atoms with Gasteiger partial charge in [-0.1, -0.05) is 0 Å². The standard InChI is InChI=1S/C4H3F3O3/c5-4(6,7)2(8)1-3(9)10/h1,8H,(H,9,10)/b2-1-. The summed E-state index contributed by atoms with van der Waals surface area (Å²) in [7, 11) is 0. The lowest BCUT2D eigenvalue weighted by atomic mass is 10.4. The summed E-state index contributed by atoms with van der Waals surface area (Å²) in [5.41, 5.74) is 0. The first-order valence-electron chi connectivity index (χ1n) is 2.05. The molecular weight excluding hydrogens is 153 g/mol. The minimum atomic E-state index is -4.97. The number of hydrogen-bond acceptors (Lipinski definition) is 2. The maximum atomic E-state index is 11.2. The Morgan fingerprint density at radius 3 is 1.80 bits per heavy atom. The zero-order chi connectivity index (χ0) is 8.36. The van der Waals surface area contributed by atoms with Crippen LogP contribution in [0, 0.1) is 0 Å². The maximum Gasteiger partial charge on any atom is 0.448 e. The van der Waals surface area contributed by atoms with Crippen molar-refractivity contribution in [1.82, 2.24) is 0 Å². The summed E-state index contributed by atoms with van der Waals surface area (Å²) in [6.45, 7) is 0. The van der Waals surface area contributed by atoms with Crippen LogP contribution in [0.2, 0.25) is 0 Å². The van der Waals surface area contributed by atoms with E-state index >= 15 is 0 Å². The monoisotopic (exact) mass is 156 g/mol. The van der Waals surface area contributed by atoms with Crippen LogP contribution in [0.3, 0.4) is 0 Å². The smallest absolute Gasteiger partial charge is 0.448 e. The fourth-order valence-electron chi connectivity index (χ4n) is 0.199. The van der Waals surface area contributed by atoms with Crippen molar-refractivity contribution < 1.29 is 28.2 Å². The Morgan fingerprint density at radius 2 is 1.70 bits per heavy atom. The Hall–Kier alpha value is -1.20. The molecule has 0 aliphatic carbocycles. The lowest BCUT2D eigenvalue weighted by molar-refractivity contribution is -0.136. The van der Waals surface area contributed by atoms with Gasteiger partial charge in [-0.3, -0.25) is 0 Å². The number of halogens is 3. The third-order valence-electron chi connectivity index (χ3n) is 0.551. The number of aliphatic hydroxyl groups is 1. The molecule has 0 atom stereocenters. The zero-order valence-electron chi connectivity index (χ0n) is 4.51. The number of allylic oxidation sites excluding steroid dienone is 1. The van der Waals surface area contributed by atoms with E-state index in [9.17, 15) is 18.0 Å². The Balaban J connectivity index is 4.35. The van der Waals surface area contributed by atoms with Crippen molar-refractivity contribution in [2.24, 2.45) is 0 Å². The molecule has 0 aliphatic heterocycles. The fraction of sp³-hybridized carbons (Fsp3) is 0.250. The second kappa shape index (κ2) is 2.59. The van der Waals surface area contributed by atoms with Gasteiger partial charge in [0.1, 0.15) is 0 Å². The lowest BCUT2D eigenvalue weighted by Crippen LogP contribution is -2.12. The molecule has 2 N–H and O–H groups in total. The van der Waals surface area contributed by atoms with E-state index in [0.717, 1.165) is 0 Å². The van der Waals surface area contributed by atoms with E-state index in [-0.39, 0.29) is 6.08 Å². The summed E-state index contributed by atoms with van der Waals surface area (Å²) in [5.74, 6) is -3.95. The summed E-state index contributed by atoms with van der Waals surface area (Å²) >= 11 is 0. The average molecular weight is 156 g/mol. The summed E-state index contributed by atoms with van der Waals surface area (Å²) in [6, 6.07) is 0. The van der Waals surface area contributed by atoms with Crippen LogP contribution in [0.1, 0.15) is 0 Å². The van der Waals surface area contributed by atoms with E-state index < -0.39 is 17.9 Å². The molecule has 0 rings (SSSR count). The second-order valence-corrected chi connectivity index (χ2v) is 1.37. The van der Waals surface area contributed by atoms with E-state index in [2.05, 4.69) is 0 Å². The van der Waals surface area contributed by atoms with Crippen LogP contribution in [0.4, 0.5) is 13.2 Å². The highest BCUT2D eigenvalue weighted by Crippen LogP contribution is 2.22. The Bertz CT molecular complexity index is 169. The van der Waals surface area contributed by atoms with Gasteiger partial charge in [0.15, 0.2) is 0 Å². The van der Waals surface area contributed by atoms with Crippen molar-refractivity contribution in [3.8, 4) is 0 Å². The Morgan fingerprint density at radius 1 is 1.30 bits per heavy atom. The van der Waals surface area contributed by atoms with E-state index in [0.29, 0.717) is 0 Å². The van der Waals surface area contributed by atoms with Gasteiger partial charge >= 0.3 is 12.1 Å². The predicted octanol–water partition coefficient (Wildman–Crippen LogP) is 1.08. The molecule has 0 saturated carbocycles. The number of carboxylic acid groups (broad SMARTS) is 1. The summed E-state index contributed by atoms with van der Waals surface area (Å²) in [6.07, 6.45) is -5.29. The molecule has 0 amide bonds. The Kier molecular flexibility index (Phi) is 2.28. The molecule has 0 aromatic carbocycles. The molecule has 58 valence electrons. The van der Waals surface area contributed by atoms with Gasteiger partial charge in [0.2, 0.25) is 5.76 Å². The van der Waals surface area contributed by atoms with Crippen LogP contribution in [0.15, 0.2) is 11.8 Å². The third kappa shape index (κ3) is 2.95. The minimum absolute atomic E-state index is 0.319. The SMILES string of the molecule is O=C(O)/C=C(\O)C(F)(F)F. The van der Waals surface area contributed by atoms with Crippen LogP contribution in [-0.2, 0) is 4.79 Å². The molecule has 0 fully saturated rings. The highest BCUT2D eigenvalue weighted by atomic mass is 19.4. The molecular formula is C4H3F3O3. The summed E-state index contributed by atoms with van der Waals surface area (Å²) in [5, 5.41) is 15.6. The third-order valence-corrected chi connectivity index (χ3v) is 0.551. The molecule has 0 spiro atoms. The van der Waals surface area contributed by atoms with E-state index in [4.69, 9.17) is 10.2 Å². The highest BCUT2D eigenvalue weighted by molar-refractivity contribution is 5.80. The molecule has 0 radical (unpaired) electrons. The van der Waals surface area contributed by atoms with Crippen molar-refractivity contribution in [2.45, 2.75) is 6.18 Å². The highest BCUT2D eigenvalue weighted by Gasteiger charge is 2.34. The van der Waals surface area contributed by atoms with Gasteiger partial charge in [0.05, 0.1) is 6.08 Å². The van der Waals surface area contributed by atoms with Crippen molar-refractivity contribution in [3.63, 3.8) is 0 Å². The summed E-state index contributed by atoms with van der Waals surface area (Å²) in [4.78, 5) is 9.52. The van der Waals surface area contributed by atoms with Crippen LogP contribution < -0.4 is 0 Å². The lowest BCUT2D eigenvalue weighted by Gasteiger charge is -2.01. The first-order valence-corrected chi connectivity index (χ1v) is 2.05. The maximum absolute atomic E-state index is 11.2. The number of carboxylic acids is 1. The van der Waals surface area contributed by atoms with Gasteiger partial charge in [-0.05, 0) is 0 Å². The van der Waals surface area contributed by atoms with Crippen LogP contribution in [0.25, 0.3) is 0 Å². The molecule has 0 aromatic rings. The molecule has 0 heterocycles. The van der Waals surface area contributed by atoms with Crippen molar-refractivity contribution in [3.05, 3.63) is 11.8 Å². The predicted molar refractivity (Wildman–Crippen MR) is 24.4 cm³/mol. The molecule has 0 bridgehead atoms. The fourth-order valence-corrected chi connectivity index (χ4v) is 0.199. The van der Waals surface area contributed by atoms with Gasteiger partial charge < -0.3 is 10.2 Å². The van der Waals surface area contributed by atoms with Crippen LogP contribution >= 0.6 is 0 Å². The first-order chi connectivity index (χ1) is 4.34. The molecule has 0 unspecified atom stereocenters. The first kappa shape index (κ1) is 8.80. The van der Waals surface area contributed by atoms with Gasteiger partial charge in [-0.25, -0.2) is 4.79 Å². The van der Waals surface area contributed by atoms with Gasteiger partial charge in [0, 0.05) is 0 Å².